The number of hydrogen-bond acceptors (Lipinski definition) is 7. The van der Waals surface area contributed by atoms with E-state index >= 15 is 0 Å². The van der Waals surface area contributed by atoms with Gasteiger partial charge in [-0.25, -0.2) is 4.98 Å². The van der Waals surface area contributed by atoms with E-state index in [9.17, 15) is 24.3 Å². The third-order valence-corrected chi connectivity index (χ3v) is 7.48. The highest BCUT2D eigenvalue weighted by molar-refractivity contribution is 7.13. The molecule has 11 heteroatoms. The van der Waals surface area contributed by atoms with Crippen LogP contribution in [-0.4, -0.2) is 68.5 Å². The number of rotatable bonds is 10. The van der Waals surface area contributed by atoms with Gasteiger partial charge in [0.25, 0.3) is 0 Å². The van der Waals surface area contributed by atoms with Crippen LogP contribution in [0, 0.1) is 12.3 Å². The minimum atomic E-state index is -0.994. The molecule has 38 heavy (non-hydrogen) atoms. The van der Waals surface area contributed by atoms with E-state index in [4.69, 9.17) is 5.11 Å². The second-order valence-corrected chi connectivity index (χ2v) is 11.5. The number of thiazole rings is 1. The molecule has 1 fully saturated rings. The maximum atomic E-state index is 13.5. The zero-order chi connectivity index (χ0) is 28.0. The molecule has 2 heterocycles. The number of amides is 3. The number of nitrogens with zero attached hydrogens (tertiary/aromatic N) is 2. The second kappa shape index (κ2) is 12.5. The zero-order valence-electron chi connectivity index (χ0n) is 22.2. The number of benzene rings is 1. The van der Waals surface area contributed by atoms with Crippen LogP contribution in [0.3, 0.4) is 0 Å². The van der Waals surface area contributed by atoms with Crippen LogP contribution < -0.4 is 10.6 Å². The summed E-state index contributed by atoms with van der Waals surface area (Å²) in [6.07, 6.45) is -0.770. The van der Waals surface area contributed by atoms with Gasteiger partial charge in [-0.1, -0.05) is 45.0 Å². The molecular formula is C27H36N4O6S. The van der Waals surface area contributed by atoms with E-state index in [0.717, 1.165) is 21.7 Å². The van der Waals surface area contributed by atoms with Crippen molar-refractivity contribution in [2.75, 3.05) is 6.54 Å². The number of carboxylic acids is 1. The van der Waals surface area contributed by atoms with Crippen LogP contribution >= 0.6 is 11.3 Å². The highest BCUT2D eigenvalue weighted by Crippen LogP contribution is 2.28. The first-order chi connectivity index (χ1) is 17.9. The van der Waals surface area contributed by atoms with Gasteiger partial charge in [-0.05, 0) is 29.9 Å². The Bertz CT molecular complexity index is 1160. The molecule has 4 N–H and O–H groups in total. The zero-order valence-corrected chi connectivity index (χ0v) is 23.0. The van der Waals surface area contributed by atoms with E-state index < -0.39 is 41.4 Å². The van der Waals surface area contributed by atoms with Crippen molar-refractivity contribution in [2.24, 2.45) is 5.41 Å². The van der Waals surface area contributed by atoms with Gasteiger partial charge in [-0.15, -0.1) is 11.3 Å². The third-order valence-electron chi connectivity index (χ3n) is 6.51. The predicted octanol–water partition coefficient (Wildman–Crippen LogP) is 2.48. The summed E-state index contributed by atoms with van der Waals surface area (Å²) in [5.74, 6) is -2.26. The van der Waals surface area contributed by atoms with Crippen molar-refractivity contribution in [3.8, 4) is 10.4 Å². The van der Waals surface area contributed by atoms with E-state index in [1.807, 2.05) is 31.2 Å². The molecule has 0 saturated carbocycles. The van der Waals surface area contributed by atoms with Crippen molar-refractivity contribution in [1.29, 1.82) is 0 Å². The predicted molar refractivity (Wildman–Crippen MR) is 143 cm³/mol. The molecule has 3 amide bonds. The van der Waals surface area contributed by atoms with Gasteiger partial charge in [0.15, 0.2) is 0 Å². The Morgan fingerprint density at radius 2 is 1.84 bits per heavy atom. The normalized spacial score (nSPS) is 18.2. The van der Waals surface area contributed by atoms with Crippen molar-refractivity contribution in [1.82, 2.24) is 20.5 Å². The third kappa shape index (κ3) is 7.61. The smallest absolute Gasteiger partial charge is 0.303 e. The maximum Gasteiger partial charge on any atom is 0.303 e. The number of carbonyl (C=O) groups excluding carboxylic acids is 3. The molecule has 3 atom stereocenters. The standard InChI is InChI=1S/C27H36N4O6S/c1-16-23(38-15-29-16)18-10-8-17(9-11-18)13-28-25(36)20-12-19(32)14-31(20)26(37)24(27(2,3)4)30-21(33)6-5-7-22(34)35/h8-11,15,19-20,24,32H,5-7,12-14H2,1-4H3,(H,28,36)(H,30,33)(H,34,35)/t19-,20-,24?/m0/s1. The van der Waals surface area contributed by atoms with Crippen LogP contribution in [0.15, 0.2) is 29.8 Å². The molecule has 1 aliphatic rings. The van der Waals surface area contributed by atoms with Crippen molar-refractivity contribution in [3.05, 3.63) is 41.0 Å². The number of carboxylic acid groups (broad SMARTS) is 1. The van der Waals surface area contributed by atoms with Crippen molar-refractivity contribution < 1.29 is 29.4 Å². The number of aliphatic hydroxyl groups is 1. The Morgan fingerprint density at radius 3 is 2.42 bits per heavy atom. The van der Waals surface area contributed by atoms with E-state index in [-0.39, 0.29) is 44.7 Å². The summed E-state index contributed by atoms with van der Waals surface area (Å²) in [5.41, 5.74) is 4.03. The van der Waals surface area contributed by atoms with Gasteiger partial charge >= 0.3 is 5.97 Å². The summed E-state index contributed by atoms with van der Waals surface area (Å²) in [5, 5.41) is 24.7. The Balaban J connectivity index is 1.64. The summed E-state index contributed by atoms with van der Waals surface area (Å²) in [4.78, 5) is 56.5. The average Bonchev–Trinajstić information content (AvgIpc) is 3.45. The highest BCUT2D eigenvalue weighted by Gasteiger charge is 2.44. The SMILES string of the molecule is Cc1ncsc1-c1ccc(CNC(=O)[C@@H]2C[C@H](O)CN2C(=O)C(NC(=O)CCCC(=O)O)C(C)(C)C)cc1. The fraction of sp³-hybridized carbons (Fsp3) is 0.519. The summed E-state index contributed by atoms with van der Waals surface area (Å²) < 4.78 is 0. The van der Waals surface area contributed by atoms with Crippen molar-refractivity contribution in [3.63, 3.8) is 0 Å². The second-order valence-electron chi connectivity index (χ2n) is 10.7. The lowest BCUT2D eigenvalue weighted by atomic mass is 9.85. The van der Waals surface area contributed by atoms with Crippen LogP contribution in [0.2, 0.25) is 0 Å². The number of aromatic nitrogens is 1. The number of nitrogens with one attached hydrogen (secondary N) is 2. The summed E-state index contributed by atoms with van der Waals surface area (Å²) in [7, 11) is 0. The van der Waals surface area contributed by atoms with Crippen molar-refractivity contribution >= 4 is 35.0 Å². The first-order valence-corrected chi connectivity index (χ1v) is 13.5. The first-order valence-electron chi connectivity index (χ1n) is 12.6. The molecule has 1 saturated heterocycles. The summed E-state index contributed by atoms with van der Waals surface area (Å²) in [6.45, 7) is 7.60. The van der Waals surface area contributed by atoms with Crippen LogP contribution in [0.25, 0.3) is 10.4 Å². The molecule has 0 spiro atoms. The Hall–Kier alpha value is -3.31. The Labute approximate surface area is 226 Å². The summed E-state index contributed by atoms with van der Waals surface area (Å²) >= 11 is 1.57. The van der Waals surface area contributed by atoms with Gasteiger partial charge in [0.1, 0.15) is 12.1 Å². The molecule has 3 rings (SSSR count). The topological polar surface area (TPSA) is 149 Å². The lowest BCUT2D eigenvalue weighted by Crippen LogP contribution is -2.57. The molecular weight excluding hydrogens is 508 g/mol. The fourth-order valence-corrected chi connectivity index (χ4v) is 5.23. The molecule has 1 aromatic carbocycles. The maximum absolute atomic E-state index is 13.5. The number of aliphatic carboxylic acids is 1. The summed E-state index contributed by atoms with van der Waals surface area (Å²) in [6, 6.07) is 6.00. The average molecular weight is 545 g/mol. The Morgan fingerprint density at radius 1 is 1.16 bits per heavy atom. The lowest BCUT2D eigenvalue weighted by Gasteiger charge is -2.35. The number of aryl methyl sites for hydroxylation is 1. The van der Waals surface area contributed by atoms with E-state index in [1.54, 1.807) is 37.6 Å². The molecule has 0 radical (unpaired) electrons. The van der Waals surface area contributed by atoms with E-state index in [0.29, 0.717) is 0 Å². The van der Waals surface area contributed by atoms with Gasteiger partial charge < -0.3 is 25.7 Å². The molecule has 0 bridgehead atoms. The van der Waals surface area contributed by atoms with E-state index in [1.165, 1.54) is 4.90 Å². The lowest BCUT2D eigenvalue weighted by molar-refractivity contribution is -0.144. The number of hydrogen-bond donors (Lipinski definition) is 4. The van der Waals surface area contributed by atoms with Crippen LogP contribution in [0.5, 0.6) is 0 Å². The molecule has 206 valence electrons. The number of likely N-dealkylation sites (tertiary alicyclic amines) is 1. The van der Waals surface area contributed by atoms with Crippen molar-refractivity contribution in [2.45, 2.75) is 78.1 Å². The number of aliphatic hydroxyl groups excluding tert-OH is 1. The van der Waals surface area contributed by atoms with Gasteiger partial charge in [0.2, 0.25) is 17.7 Å². The Kier molecular flexibility index (Phi) is 9.61. The largest absolute Gasteiger partial charge is 0.481 e. The molecule has 0 aliphatic carbocycles. The van der Waals surface area contributed by atoms with Crippen LogP contribution in [0.1, 0.15) is 57.7 Å². The van der Waals surface area contributed by atoms with Crippen LogP contribution in [0.4, 0.5) is 0 Å². The van der Waals surface area contributed by atoms with Gasteiger partial charge in [-0.3, -0.25) is 19.2 Å². The number of carbonyl (C=O) groups is 4. The van der Waals surface area contributed by atoms with Gasteiger partial charge in [-0.2, -0.15) is 0 Å². The number of β-amino-alcohol motifs (C(OH)–C–C–N with tert-alkyl or cyclic N) is 1. The van der Waals surface area contributed by atoms with Gasteiger partial charge in [0, 0.05) is 32.4 Å². The molecule has 1 aliphatic heterocycles. The quantitative estimate of drug-likeness (QED) is 0.359. The minimum Gasteiger partial charge on any atom is -0.481 e. The minimum absolute atomic E-state index is 0.0126. The monoisotopic (exact) mass is 544 g/mol. The fourth-order valence-electron chi connectivity index (χ4n) is 4.41. The van der Waals surface area contributed by atoms with Crippen LogP contribution in [-0.2, 0) is 25.7 Å². The van der Waals surface area contributed by atoms with Gasteiger partial charge in [0.05, 0.1) is 22.2 Å². The molecule has 1 aromatic heterocycles. The highest BCUT2D eigenvalue weighted by atomic mass is 32.1. The van der Waals surface area contributed by atoms with E-state index in [2.05, 4.69) is 15.6 Å². The molecule has 2 aromatic rings. The molecule has 1 unspecified atom stereocenters. The first kappa shape index (κ1) is 29.2. The molecule has 10 nitrogen and oxygen atoms in total.